The molecule has 2 aromatic rings. The summed E-state index contributed by atoms with van der Waals surface area (Å²) in [5, 5.41) is 9.69. The van der Waals surface area contributed by atoms with Crippen LogP contribution in [-0.4, -0.2) is 39.4 Å². The molecule has 0 aromatic carbocycles. The second-order valence-corrected chi connectivity index (χ2v) is 5.19. The summed E-state index contributed by atoms with van der Waals surface area (Å²) in [6, 6.07) is 4.16. The number of hydrogen-bond acceptors (Lipinski definition) is 6. The molecule has 19 heavy (non-hydrogen) atoms. The zero-order chi connectivity index (χ0) is 13.7. The monoisotopic (exact) mass is 280 g/mol. The predicted molar refractivity (Wildman–Crippen MR) is 72.3 cm³/mol. The van der Waals surface area contributed by atoms with Crippen molar-refractivity contribution in [3.05, 3.63) is 34.3 Å². The Bertz CT molecular complexity index is 523. The van der Waals surface area contributed by atoms with Gasteiger partial charge in [0.2, 0.25) is 0 Å². The van der Waals surface area contributed by atoms with Gasteiger partial charge in [0.1, 0.15) is 0 Å². The highest BCUT2D eigenvalue weighted by Gasteiger charge is 2.09. The van der Waals surface area contributed by atoms with Crippen LogP contribution in [0.4, 0.5) is 0 Å². The molecule has 0 saturated heterocycles. The average molecular weight is 280 g/mol. The van der Waals surface area contributed by atoms with E-state index in [1.54, 1.807) is 22.2 Å². The predicted octanol–water partition coefficient (Wildman–Crippen LogP) is 0.0751. The zero-order valence-corrected chi connectivity index (χ0v) is 11.4. The van der Waals surface area contributed by atoms with Crippen LogP contribution in [0.25, 0.3) is 0 Å². The number of aromatic nitrogens is 3. The number of nitrogen functional groups attached to an aromatic ring is 1. The standard InChI is InChI=1S/C11H16N6OS/c1-16(7-9-3-2-6-19-9)4-5-17-8-10(14-15-17)11(18)13-12/h2-3,6,8H,4-5,7,12H2,1H3,(H,13,18). The highest BCUT2D eigenvalue weighted by molar-refractivity contribution is 7.09. The number of likely N-dealkylation sites (N-methyl/N-ethyl adjacent to an activating group) is 1. The molecule has 102 valence electrons. The number of carbonyl (C=O) groups excluding carboxylic acids is 1. The van der Waals surface area contributed by atoms with Gasteiger partial charge >= 0.3 is 0 Å². The fourth-order valence-corrected chi connectivity index (χ4v) is 2.39. The first-order chi connectivity index (χ1) is 9.19. The molecule has 0 unspecified atom stereocenters. The largest absolute Gasteiger partial charge is 0.299 e. The molecule has 2 heterocycles. The van der Waals surface area contributed by atoms with Gasteiger partial charge in [-0.15, -0.1) is 16.4 Å². The number of nitrogens with zero attached hydrogens (tertiary/aromatic N) is 4. The van der Waals surface area contributed by atoms with Crippen molar-refractivity contribution in [2.45, 2.75) is 13.1 Å². The first kappa shape index (κ1) is 13.7. The number of thiophene rings is 1. The van der Waals surface area contributed by atoms with Gasteiger partial charge in [-0.1, -0.05) is 11.3 Å². The quantitative estimate of drug-likeness (QED) is 0.444. The summed E-state index contributed by atoms with van der Waals surface area (Å²) in [7, 11) is 2.05. The van der Waals surface area contributed by atoms with Crippen LogP contribution in [0.2, 0.25) is 0 Å². The van der Waals surface area contributed by atoms with Crippen LogP contribution in [0.5, 0.6) is 0 Å². The number of amides is 1. The Morgan fingerprint density at radius 2 is 2.47 bits per heavy atom. The number of hydrogen-bond donors (Lipinski definition) is 2. The average Bonchev–Trinajstić information content (AvgIpc) is 3.06. The lowest BCUT2D eigenvalue weighted by Crippen LogP contribution is -2.30. The van der Waals surface area contributed by atoms with E-state index in [1.807, 2.05) is 18.5 Å². The molecule has 7 nitrogen and oxygen atoms in total. The molecule has 0 aliphatic rings. The molecule has 2 rings (SSSR count). The van der Waals surface area contributed by atoms with Gasteiger partial charge in [-0.05, 0) is 18.5 Å². The number of rotatable bonds is 6. The van der Waals surface area contributed by atoms with E-state index in [4.69, 9.17) is 5.84 Å². The maximum atomic E-state index is 11.2. The highest BCUT2D eigenvalue weighted by atomic mass is 32.1. The molecule has 0 aliphatic heterocycles. The lowest BCUT2D eigenvalue weighted by atomic mass is 10.4. The van der Waals surface area contributed by atoms with Crippen molar-refractivity contribution < 1.29 is 4.79 Å². The summed E-state index contributed by atoms with van der Waals surface area (Å²) in [6.45, 7) is 2.40. The van der Waals surface area contributed by atoms with Gasteiger partial charge in [0.05, 0.1) is 12.7 Å². The molecule has 0 saturated carbocycles. The van der Waals surface area contributed by atoms with Gasteiger partial charge in [0, 0.05) is 18.0 Å². The fourth-order valence-electron chi connectivity index (χ4n) is 1.61. The molecule has 1 amide bonds. The van der Waals surface area contributed by atoms with E-state index in [0.29, 0.717) is 6.54 Å². The van der Waals surface area contributed by atoms with Gasteiger partial charge in [0.25, 0.3) is 5.91 Å². The molecule has 0 atom stereocenters. The lowest BCUT2D eigenvalue weighted by molar-refractivity contribution is 0.0948. The molecule has 8 heteroatoms. The molecule has 0 fully saturated rings. The fraction of sp³-hybridized carbons (Fsp3) is 0.364. The van der Waals surface area contributed by atoms with Gasteiger partial charge in [-0.2, -0.15) is 0 Å². The van der Waals surface area contributed by atoms with E-state index in [0.717, 1.165) is 13.1 Å². The minimum Gasteiger partial charge on any atom is -0.299 e. The molecule has 0 radical (unpaired) electrons. The summed E-state index contributed by atoms with van der Waals surface area (Å²) in [4.78, 5) is 14.7. The topological polar surface area (TPSA) is 89.1 Å². The molecular weight excluding hydrogens is 264 g/mol. The van der Waals surface area contributed by atoms with E-state index in [1.165, 1.54) is 4.88 Å². The highest BCUT2D eigenvalue weighted by Crippen LogP contribution is 2.10. The summed E-state index contributed by atoms with van der Waals surface area (Å²) in [5.74, 6) is 4.60. The van der Waals surface area contributed by atoms with Crippen molar-refractivity contribution in [3.8, 4) is 0 Å². The van der Waals surface area contributed by atoms with Crippen LogP contribution >= 0.6 is 11.3 Å². The van der Waals surface area contributed by atoms with E-state index in [-0.39, 0.29) is 5.69 Å². The third-order valence-corrected chi connectivity index (χ3v) is 3.48. The molecule has 2 aromatic heterocycles. The first-order valence-electron chi connectivity index (χ1n) is 5.81. The number of nitrogens with one attached hydrogen (secondary N) is 1. The van der Waals surface area contributed by atoms with Crippen molar-refractivity contribution in [1.29, 1.82) is 0 Å². The third kappa shape index (κ3) is 3.85. The Morgan fingerprint density at radius 3 is 3.16 bits per heavy atom. The third-order valence-electron chi connectivity index (χ3n) is 2.62. The van der Waals surface area contributed by atoms with Crippen molar-refractivity contribution in [3.63, 3.8) is 0 Å². The van der Waals surface area contributed by atoms with E-state index in [2.05, 4.69) is 26.7 Å². The SMILES string of the molecule is CN(CCn1cc(C(=O)NN)nn1)Cc1cccs1. The Hall–Kier alpha value is -1.77. The molecule has 0 bridgehead atoms. The normalized spacial score (nSPS) is 10.9. The molecule has 0 aliphatic carbocycles. The van der Waals surface area contributed by atoms with E-state index < -0.39 is 5.91 Å². The van der Waals surface area contributed by atoms with Crippen LogP contribution in [0.3, 0.4) is 0 Å². The van der Waals surface area contributed by atoms with Crippen molar-refractivity contribution in [1.82, 2.24) is 25.3 Å². The number of nitrogens with two attached hydrogens (primary N) is 1. The van der Waals surface area contributed by atoms with Gasteiger partial charge in [-0.25, -0.2) is 5.84 Å². The maximum absolute atomic E-state index is 11.2. The molecular formula is C11H16N6OS. The summed E-state index contributed by atoms with van der Waals surface area (Å²) in [6.07, 6.45) is 1.58. The van der Waals surface area contributed by atoms with Crippen LogP contribution in [0, 0.1) is 0 Å². The molecule has 0 spiro atoms. The van der Waals surface area contributed by atoms with E-state index in [9.17, 15) is 4.79 Å². The second kappa shape index (κ2) is 6.41. The number of carbonyl (C=O) groups is 1. The zero-order valence-electron chi connectivity index (χ0n) is 10.6. The van der Waals surface area contributed by atoms with E-state index >= 15 is 0 Å². The van der Waals surface area contributed by atoms with Gasteiger partial charge in [0.15, 0.2) is 5.69 Å². The van der Waals surface area contributed by atoms with Gasteiger partial charge < -0.3 is 0 Å². The summed E-state index contributed by atoms with van der Waals surface area (Å²) >= 11 is 1.74. The number of hydrazine groups is 1. The Kier molecular flexibility index (Phi) is 4.61. The maximum Gasteiger partial charge on any atom is 0.287 e. The van der Waals surface area contributed by atoms with Gasteiger partial charge in [-0.3, -0.25) is 19.8 Å². The second-order valence-electron chi connectivity index (χ2n) is 4.16. The smallest absolute Gasteiger partial charge is 0.287 e. The minimum absolute atomic E-state index is 0.225. The minimum atomic E-state index is -0.432. The van der Waals surface area contributed by atoms with Crippen LogP contribution in [-0.2, 0) is 13.1 Å². The Morgan fingerprint density at radius 1 is 1.63 bits per heavy atom. The summed E-state index contributed by atoms with van der Waals surface area (Å²) < 4.78 is 1.63. The van der Waals surface area contributed by atoms with Crippen LogP contribution < -0.4 is 11.3 Å². The van der Waals surface area contributed by atoms with Crippen LogP contribution in [0.15, 0.2) is 23.7 Å². The summed E-state index contributed by atoms with van der Waals surface area (Å²) in [5.41, 5.74) is 2.25. The van der Waals surface area contributed by atoms with Crippen molar-refractivity contribution in [2.24, 2.45) is 5.84 Å². The van der Waals surface area contributed by atoms with Crippen molar-refractivity contribution >= 4 is 17.2 Å². The Balaban J connectivity index is 1.81. The molecule has 3 N–H and O–H groups in total. The first-order valence-corrected chi connectivity index (χ1v) is 6.69. The Labute approximate surface area is 115 Å². The van der Waals surface area contributed by atoms with Crippen LogP contribution in [0.1, 0.15) is 15.4 Å². The lowest BCUT2D eigenvalue weighted by Gasteiger charge is -2.14. The van der Waals surface area contributed by atoms with Crippen molar-refractivity contribution in [2.75, 3.05) is 13.6 Å².